The Kier molecular flexibility index (Phi) is 7.62. The molecule has 0 radical (unpaired) electrons. The Bertz CT molecular complexity index is 1430. The Hall–Kier alpha value is -4.94. The number of nitrogens with two attached hydrogens (primary N) is 1. The Morgan fingerprint density at radius 1 is 1.00 bits per heavy atom. The number of anilines is 1. The van der Waals surface area contributed by atoms with Crippen LogP contribution in [0.2, 0.25) is 0 Å². The molecular formula is C27H30N8O5. The number of rotatable bonds is 5. The number of primary amides is 1. The van der Waals surface area contributed by atoms with Crippen LogP contribution in [0.15, 0.2) is 60.9 Å². The highest BCUT2D eigenvalue weighted by atomic mass is 16.6. The van der Waals surface area contributed by atoms with Crippen LogP contribution in [0.1, 0.15) is 23.4 Å². The number of para-hydroxylation sites is 2. The Morgan fingerprint density at radius 2 is 1.70 bits per heavy atom. The van der Waals surface area contributed by atoms with Gasteiger partial charge in [0.2, 0.25) is 5.91 Å². The molecule has 0 spiro atoms. The lowest BCUT2D eigenvalue weighted by atomic mass is 10.0. The molecule has 0 saturated carbocycles. The van der Waals surface area contributed by atoms with E-state index in [0.29, 0.717) is 55.2 Å². The van der Waals surface area contributed by atoms with Crippen LogP contribution in [0.5, 0.6) is 0 Å². The Labute approximate surface area is 230 Å². The normalized spacial score (nSPS) is 17.1. The molecule has 2 aromatic carbocycles. The third kappa shape index (κ3) is 5.58. The third-order valence-electron chi connectivity index (χ3n) is 7.34. The minimum Gasteiger partial charge on any atom is -0.351 e. The van der Waals surface area contributed by atoms with Crippen LogP contribution in [0.25, 0.3) is 0 Å². The van der Waals surface area contributed by atoms with Crippen LogP contribution in [-0.2, 0) is 24.3 Å². The molecule has 1 fully saturated rings. The highest BCUT2D eigenvalue weighted by Gasteiger charge is 2.39. The van der Waals surface area contributed by atoms with Gasteiger partial charge in [0.05, 0.1) is 35.7 Å². The van der Waals surface area contributed by atoms with Crippen molar-refractivity contribution >= 4 is 29.3 Å². The summed E-state index contributed by atoms with van der Waals surface area (Å²) in [6.45, 7) is 1.81. The molecule has 13 nitrogen and oxygen atoms in total. The first kappa shape index (κ1) is 26.7. The zero-order chi connectivity index (χ0) is 28.2. The van der Waals surface area contributed by atoms with Crippen LogP contribution in [0.3, 0.4) is 0 Å². The van der Waals surface area contributed by atoms with E-state index >= 15 is 0 Å². The van der Waals surface area contributed by atoms with Gasteiger partial charge in [-0.1, -0.05) is 36.4 Å². The average Bonchev–Trinajstić information content (AvgIpc) is 3.16. The van der Waals surface area contributed by atoms with E-state index < -0.39 is 23.0 Å². The summed E-state index contributed by atoms with van der Waals surface area (Å²) in [6, 6.07) is 13.7. The van der Waals surface area contributed by atoms with Gasteiger partial charge in [-0.25, -0.2) is 14.6 Å². The first-order chi connectivity index (χ1) is 19.3. The molecule has 3 N–H and O–H groups in total. The number of nitro groups is 1. The van der Waals surface area contributed by atoms with E-state index in [9.17, 15) is 24.5 Å². The lowest BCUT2D eigenvalue weighted by Crippen LogP contribution is -2.55. The molecule has 3 aromatic rings. The summed E-state index contributed by atoms with van der Waals surface area (Å²) >= 11 is 0. The van der Waals surface area contributed by atoms with Crippen molar-refractivity contribution in [2.75, 3.05) is 31.5 Å². The molecule has 0 aliphatic carbocycles. The van der Waals surface area contributed by atoms with Crippen LogP contribution in [0.4, 0.5) is 21.0 Å². The van der Waals surface area contributed by atoms with Gasteiger partial charge in [-0.15, -0.1) is 0 Å². The number of imidazole rings is 1. The molecule has 1 unspecified atom stereocenters. The first-order valence-corrected chi connectivity index (χ1v) is 13.0. The molecule has 1 saturated heterocycles. The summed E-state index contributed by atoms with van der Waals surface area (Å²) in [5, 5.41) is 14.4. The number of carbonyl (C=O) groups is 3. The predicted molar refractivity (Wildman–Crippen MR) is 145 cm³/mol. The topological polar surface area (TPSA) is 160 Å². The van der Waals surface area contributed by atoms with Gasteiger partial charge in [-0.2, -0.15) is 0 Å². The SMILES string of the molecule is NC(=O)N1CCCN(C(=O)C2Cc3ncn(Cc4ccccc4[N+](=O)[O-])c3CN2C(=O)Nc2ccccc2)CC1. The minimum absolute atomic E-state index is 0.00124. The maximum absolute atomic E-state index is 13.8. The fourth-order valence-electron chi connectivity index (χ4n) is 5.23. The van der Waals surface area contributed by atoms with Gasteiger partial charge in [0.1, 0.15) is 6.04 Å². The number of carbonyl (C=O) groups excluding carboxylic acids is 3. The van der Waals surface area contributed by atoms with Crippen molar-refractivity contribution in [3.8, 4) is 0 Å². The van der Waals surface area contributed by atoms with Gasteiger partial charge in [-0.3, -0.25) is 14.9 Å². The van der Waals surface area contributed by atoms with Crippen molar-refractivity contribution in [2.45, 2.75) is 32.0 Å². The Morgan fingerprint density at radius 3 is 2.45 bits per heavy atom. The van der Waals surface area contributed by atoms with E-state index in [1.807, 2.05) is 6.07 Å². The summed E-state index contributed by atoms with van der Waals surface area (Å²) in [7, 11) is 0. The molecule has 40 heavy (non-hydrogen) atoms. The van der Waals surface area contributed by atoms with Gasteiger partial charge in [-0.05, 0) is 18.6 Å². The number of nitrogens with zero attached hydrogens (tertiary/aromatic N) is 6. The van der Waals surface area contributed by atoms with E-state index in [0.717, 1.165) is 0 Å². The van der Waals surface area contributed by atoms with Crippen LogP contribution < -0.4 is 11.1 Å². The predicted octanol–water partition coefficient (Wildman–Crippen LogP) is 2.41. The highest BCUT2D eigenvalue weighted by Crippen LogP contribution is 2.27. The van der Waals surface area contributed by atoms with Crippen LogP contribution in [0, 0.1) is 10.1 Å². The third-order valence-corrected chi connectivity index (χ3v) is 7.34. The molecule has 2 aliphatic rings. The maximum atomic E-state index is 13.8. The second-order valence-electron chi connectivity index (χ2n) is 9.80. The fourth-order valence-corrected chi connectivity index (χ4v) is 5.23. The van der Waals surface area contributed by atoms with Gasteiger partial charge in [0.15, 0.2) is 0 Å². The van der Waals surface area contributed by atoms with Gasteiger partial charge < -0.3 is 30.3 Å². The molecule has 1 atom stereocenters. The largest absolute Gasteiger partial charge is 0.351 e. The lowest BCUT2D eigenvalue weighted by Gasteiger charge is -2.37. The molecule has 2 aliphatic heterocycles. The number of benzene rings is 2. The van der Waals surface area contributed by atoms with Crippen molar-refractivity contribution in [2.24, 2.45) is 5.73 Å². The van der Waals surface area contributed by atoms with E-state index in [1.54, 1.807) is 58.3 Å². The average molecular weight is 547 g/mol. The van der Waals surface area contributed by atoms with E-state index in [1.165, 1.54) is 15.9 Å². The number of aromatic nitrogens is 2. The van der Waals surface area contributed by atoms with Crippen LogP contribution in [-0.4, -0.2) is 79.4 Å². The van der Waals surface area contributed by atoms with Crippen molar-refractivity contribution in [3.05, 3.63) is 88.0 Å². The zero-order valence-electron chi connectivity index (χ0n) is 21.8. The standard InChI is InChI=1S/C27H30N8O5/c28-26(37)32-12-6-11-31(13-14-32)25(36)23-15-21-24(17-34(23)27(38)30-20-8-2-1-3-9-20)33(18-29-21)16-19-7-4-5-10-22(19)35(39)40/h1-5,7-10,18,23H,6,11-17H2,(H2,28,37)(H,30,38). The van der Waals surface area contributed by atoms with Crippen molar-refractivity contribution in [1.29, 1.82) is 0 Å². The molecular weight excluding hydrogens is 516 g/mol. The smallest absolute Gasteiger partial charge is 0.322 e. The number of hydrogen-bond acceptors (Lipinski definition) is 6. The van der Waals surface area contributed by atoms with Crippen molar-refractivity contribution in [1.82, 2.24) is 24.3 Å². The number of fused-ring (bicyclic) bond motifs is 1. The summed E-state index contributed by atoms with van der Waals surface area (Å²) in [4.78, 5) is 59.4. The molecule has 5 rings (SSSR count). The number of nitro benzene ring substituents is 1. The number of amides is 5. The van der Waals surface area contributed by atoms with Gasteiger partial charge in [0, 0.05) is 49.9 Å². The summed E-state index contributed by atoms with van der Waals surface area (Å²) in [5.41, 5.74) is 7.91. The number of hydrogen-bond donors (Lipinski definition) is 2. The van der Waals surface area contributed by atoms with Gasteiger partial charge >= 0.3 is 12.1 Å². The van der Waals surface area contributed by atoms with Crippen molar-refractivity contribution in [3.63, 3.8) is 0 Å². The quantitative estimate of drug-likeness (QED) is 0.369. The van der Waals surface area contributed by atoms with Crippen LogP contribution >= 0.6 is 0 Å². The van der Waals surface area contributed by atoms with E-state index in [4.69, 9.17) is 5.73 Å². The molecule has 3 heterocycles. The minimum atomic E-state index is -0.814. The van der Waals surface area contributed by atoms with Crippen molar-refractivity contribution < 1.29 is 19.3 Å². The molecule has 13 heteroatoms. The molecule has 1 aromatic heterocycles. The highest BCUT2D eigenvalue weighted by molar-refractivity contribution is 5.94. The second kappa shape index (κ2) is 11.4. The van der Waals surface area contributed by atoms with E-state index in [2.05, 4.69) is 10.3 Å². The summed E-state index contributed by atoms with van der Waals surface area (Å²) in [5.74, 6) is -0.228. The lowest BCUT2D eigenvalue weighted by molar-refractivity contribution is -0.385. The molecule has 5 amide bonds. The van der Waals surface area contributed by atoms with E-state index in [-0.39, 0.29) is 31.1 Å². The monoisotopic (exact) mass is 546 g/mol. The maximum Gasteiger partial charge on any atom is 0.322 e. The summed E-state index contributed by atoms with van der Waals surface area (Å²) < 4.78 is 1.79. The number of nitrogens with one attached hydrogen (secondary N) is 1. The summed E-state index contributed by atoms with van der Waals surface area (Å²) in [6.07, 6.45) is 2.36. The Balaban J connectivity index is 1.43. The molecule has 208 valence electrons. The fraction of sp³-hybridized carbons (Fsp3) is 0.333. The van der Waals surface area contributed by atoms with Gasteiger partial charge in [0.25, 0.3) is 5.69 Å². The zero-order valence-corrected chi connectivity index (χ0v) is 21.8. The number of urea groups is 2. The second-order valence-corrected chi connectivity index (χ2v) is 9.80. The molecule has 0 bridgehead atoms. The first-order valence-electron chi connectivity index (χ1n) is 13.0.